The second-order valence-electron chi connectivity index (χ2n) is 5.21. The molecule has 2 aromatic rings. The summed E-state index contributed by atoms with van der Waals surface area (Å²) in [6.07, 6.45) is 7.02. The van der Waals surface area contributed by atoms with Crippen molar-refractivity contribution >= 4 is 6.08 Å². The van der Waals surface area contributed by atoms with Gasteiger partial charge in [-0.05, 0) is 42.4 Å². The third-order valence-corrected chi connectivity index (χ3v) is 3.69. The van der Waals surface area contributed by atoms with Crippen LogP contribution < -0.4 is 0 Å². The van der Waals surface area contributed by atoms with Gasteiger partial charge < -0.3 is 0 Å². The summed E-state index contributed by atoms with van der Waals surface area (Å²) in [6.45, 7) is 2.14. The molecule has 0 aromatic heterocycles. The lowest BCUT2D eigenvalue weighted by molar-refractivity contribution is 0.707. The van der Waals surface area contributed by atoms with Gasteiger partial charge in [-0.25, -0.2) is 0 Å². The fourth-order valence-electron chi connectivity index (χ4n) is 2.75. The van der Waals surface area contributed by atoms with Gasteiger partial charge in [-0.3, -0.25) is 0 Å². The molecule has 0 saturated carbocycles. The van der Waals surface area contributed by atoms with E-state index in [0.717, 1.165) is 0 Å². The Morgan fingerprint density at radius 1 is 0.944 bits per heavy atom. The monoisotopic (exact) mass is 234 g/mol. The van der Waals surface area contributed by atoms with Crippen molar-refractivity contribution in [1.82, 2.24) is 0 Å². The maximum atomic E-state index is 2.37. The van der Waals surface area contributed by atoms with Gasteiger partial charge in [-0.15, -0.1) is 0 Å². The molecule has 0 saturated heterocycles. The Kier molecular flexibility index (Phi) is 3.02. The summed E-state index contributed by atoms with van der Waals surface area (Å²) >= 11 is 0. The number of hydrogen-bond acceptors (Lipinski definition) is 0. The lowest BCUT2D eigenvalue weighted by Crippen LogP contribution is -1.93. The summed E-state index contributed by atoms with van der Waals surface area (Å²) in [5.74, 6) is 0.669. The van der Waals surface area contributed by atoms with Crippen LogP contribution in [0, 0.1) is 12.8 Å². The fraction of sp³-hybridized carbons (Fsp3) is 0.222. The fourth-order valence-corrected chi connectivity index (χ4v) is 2.75. The van der Waals surface area contributed by atoms with Crippen LogP contribution in [0.5, 0.6) is 0 Å². The van der Waals surface area contributed by atoms with Gasteiger partial charge in [-0.1, -0.05) is 66.2 Å². The SMILES string of the molecule is Cc1cccc(/C=C/C2Cc3ccccc3C2)c1. The summed E-state index contributed by atoms with van der Waals surface area (Å²) in [6, 6.07) is 17.5. The quantitative estimate of drug-likeness (QED) is 0.721. The van der Waals surface area contributed by atoms with E-state index in [1.54, 1.807) is 0 Å². The van der Waals surface area contributed by atoms with Crippen LogP contribution in [0.15, 0.2) is 54.6 Å². The van der Waals surface area contributed by atoms with Crippen LogP contribution in [0.4, 0.5) is 0 Å². The molecule has 1 aliphatic rings. The molecule has 0 nitrogen and oxygen atoms in total. The van der Waals surface area contributed by atoms with Crippen LogP contribution in [0.25, 0.3) is 6.08 Å². The van der Waals surface area contributed by atoms with E-state index >= 15 is 0 Å². The van der Waals surface area contributed by atoms with Gasteiger partial charge in [0.25, 0.3) is 0 Å². The lowest BCUT2D eigenvalue weighted by atomic mass is 10.0. The molecule has 0 heteroatoms. The Bertz CT molecular complexity index is 553. The van der Waals surface area contributed by atoms with E-state index < -0.39 is 0 Å². The molecule has 0 fully saturated rings. The number of benzene rings is 2. The van der Waals surface area contributed by atoms with E-state index in [1.165, 1.54) is 35.1 Å². The molecule has 0 amide bonds. The Balaban J connectivity index is 1.73. The number of hydrogen-bond donors (Lipinski definition) is 0. The van der Waals surface area contributed by atoms with Crippen LogP contribution in [-0.4, -0.2) is 0 Å². The molecule has 2 aromatic carbocycles. The molecule has 0 radical (unpaired) electrons. The van der Waals surface area contributed by atoms with E-state index in [-0.39, 0.29) is 0 Å². The van der Waals surface area contributed by atoms with Gasteiger partial charge in [-0.2, -0.15) is 0 Å². The maximum Gasteiger partial charge on any atom is -0.0149 e. The van der Waals surface area contributed by atoms with Crippen molar-refractivity contribution in [3.05, 3.63) is 76.9 Å². The minimum Gasteiger partial charge on any atom is -0.0802 e. The second-order valence-corrected chi connectivity index (χ2v) is 5.21. The number of allylic oxidation sites excluding steroid dienone is 1. The van der Waals surface area contributed by atoms with Gasteiger partial charge in [0.1, 0.15) is 0 Å². The first-order valence-electron chi connectivity index (χ1n) is 6.63. The first-order chi connectivity index (χ1) is 8.81. The smallest absolute Gasteiger partial charge is 0.0149 e. The molecule has 0 aliphatic heterocycles. The third-order valence-electron chi connectivity index (χ3n) is 3.69. The second kappa shape index (κ2) is 4.81. The van der Waals surface area contributed by atoms with Crippen molar-refractivity contribution in [3.63, 3.8) is 0 Å². The molecule has 0 N–H and O–H groups in total. The molecule has 0 heterocycles. The lowest BCUT2D eigenvalue weighted by Gasteiger charge is -2.01. The third kappa shape index (κ3) is 2.38. The summed E-state index contributed by atoms with van der Waals surface area (Å²) in [5, 5.41) is 0. The topological polar surface area (TPSA) is 0 Å². The van der Waals surface area contributed by atoms with Gasteiger partial charge in [0, 0.05) is 0 Å². The molecular weight excluding hydrogens is 216 g/mol. The van der Waals surface area contributed by atoms with Crippen molar-refractivity contribution in [1.29, 1.82) is 0 Å². The van der Waals surface area contributed by atoms with E-state index in [9.17, 15) is 0 Å². The number of rotatable bonds is 2. The van der Waals surface area contributed by atoms with E-state index in [1.807, 2.05) is 0 Å². The molecular formula is C18H18. The van der Waals surface area contributed by atoms with Crippen molar-refractivity contribution in [2.45, 2.75) is 19.8 Å². The van der Waals surface area contributed by atoms with Crippen LogP contribution >= 0.6 is 0 Å². The van der Waals surface area contributed by atoms with Gasteiger partial charge in [0.05, 0.1) is 0 Å². The summed E-state index contributed by atoms with van der Waals surface area (Å²) in [4.78, 5) is 0. The summed E-state index contributed by atoms with van der Waals surface area (Å²) < 4.78 is 0. The van der Waals surface area contributed by atoms with Crippen molar-refractivity contribution in [2.24, 2.45) is 5.92 Å². The summed E-state index contributed by atoms with van der Waals surface area (Å²) in [7, 11) is 0. The minimum atomic E-state index is 0.669. The number of fused-ring (bicyclic) bond motifs is 1. The average Bonchev–Trinajstić information content (AvgIpc) is 2.79. The Morgan fingerprint density at radius 2 is 1.67 bits per heavy atom. The molecule has 0 atom stereocenters. The average molecular weight is 234 g/mol. The predicted molar refractivity (Wildman–Crippen MR) is 77.6 cm³/mol. The molecule has 1 aliphatic carbocycles. The Hall–Kier alpha value is -1.82. The van der Waals surface area contributed by atoms with Crippen molar-refractivity contribution in [3.8, 4) is 0 Å². The molecule has 18 heavy (non-hydrogen) atoms. The highest BCUT2D eigenvalue weighted by molar-refractivity contribution is 5.51. The zero-order valence-corrected chi connectivity index (χ0v) is 10.8. The van der Waals surface area contributed by atoms with Crippen LogP contribution in [0.2, 0.25) is 0 Å². The standard InChI is InChI=1S/C18H18/c1-14-5-4-6-15(11-14)9-10-16-12-17-7-2-3-8-18(17)13-16/h2-11,16H,12-13H2,1H3/b10-9+. The molecule has 3 rings (SSSR count). The van der Waals surface area contributed by atoms with E-state index in [2.05, 4.69) is 67.6 Å². The van der Waals surface area contributed by atoms with Gasteiger partial charge >= 0.3 is 0 Å². The van der Waals surface area contributed by atoms with Crippen LogP contribution in [-0.2, 0) is 12.8 Å². The Morgan fingerprint density at radius 3 is 2.33 bits per heavy atom. The first kappa shape index (κ1) is 11.3. The molecule has 0 bridgehead atoms. The highest BCUT2D eigenvalue weighted by Crippen LogP contribution is 2.27. The van der Waals surface area contributed by atoms with E-state index in [4.69, 9.17) is 0 Å². The highest BCUT2D eigenvalue weighted by atomic mass is 14.2. The molecule has 0 unspecified atom stereocenters. The zero-order chi connectivity index (χ0) is 12.4. The molecule has 90 valence electrons. The predicted octanol–water partition coefficient (Wildman–Crippen LogP) is 4.42. The van der Waals surface area contributed by atoms with Crippen LogP contribution in [0.1, 0.15) is 22.3 Å². The van der Waals surface area contributed by atoms with Gasteiger partial charge in [0.15, 0.2) is 0 Å². The minimum absolute atomic E-state index is 0.669. The highest BCUT2D eigenvalue weighted by Gasteiger charge is 2.17. The Labute approximate surface area is 109 Å². The largest absolute Gasteiger partial charge is 0.0802 e. The van der Waals surface area contributed by atoms with E-state index in [0.29, 0.717) is 5.92 Å². The molecule has 0 spiro atoms. The van der Waals surface area contributed by atoms with Gasteiger partial charge in [0.2, 0.25) is 0 Å². The van der Waals surface area contributed by atoms with Crippen molar-refractivity contribution in [2.75, 3.05) is 0 Å². The number of aryl methyl sites for hydroxylation is 1. The summed E-state index contributed by atoms with van der Waals surface area (Å²) in [5.41, 5.74) is 5.69. The van der Waals surface area contributed by atoms with Crippen molar-refractivity contribution < 1.29 is 0 Å². The maximum absolute atomic E-state index is 2.37. The normalized spacial score (nSPS) is 15.2. The zero-order valence-electron chi connectivity index (χ0n) is 10.8. The first-order valence-corrected chi connectivity index (χ1v) is 6.63. The van der Waals surface area contributed by atoms with Crippen LogP contribution in [0.3, 0.4) is 0 Å².